The SMILES string of the molecule is COP(=O)(O)OCCCCCCNC(=O)CCCCC(=O)[C@H](CCC(=O)NCCCCO[C@@H]1O[C@H](CO)[C@H](O)[C@H](O)[C@H]1C)NC(=O)[C@H](CCC(=O)NCCCCO[C@@H]1O[C@H](CO)[C@H](O)[C@H](O)[C@H]1NC(C)=O)CC(=O)[C@@H](C)CCC(=O)NCCO[C@@H]1O[C@H](CO)[C@H](O)[C@H](O)[C@H]1C. The van der Waals surface area contributed by atoms with Crippen molar-refractivity contribution < 1.29 is 131 Å². The minimum Gasteiger partial charge on any atom is -0.394 e. The molecule has 0 aromatic rings. The molecular weight excluding hydrogens is 1280 g/mol. The van der Waals surface area contributed by atoms with Crippen molar-refractivity contribution >= 4 is 54.8 Å². The molecule has 34 heteroatoms. The fraction of sp³-hybridized carbons (Fsp3) is 0.869. The van der Waals surface area contributed by atoms with E-state index in [1.807, 2.05) is 0 Å². The van der Waals surface area contributed by atoms with Crippen molar-refractivity contribution in [3.63, 3.8) is 0 Å². The van der Waals surface area contributed by atoms with Gasteiger partial charge in [-0.25, -0.2) is 4.57 Å². The van der Waals surface area contributed by atoms with Crippen LogP contribution in [0, 0.1) is 23.7 Å². The molecule has 0 aliphatic carbocycles. The zero-order valence-electron chi connectivity index (χ0n) is 55.5. The van der Waals surface area contributed by atoms with Gasteiger partial charge in [0.25, 0.3) is 0 Å². The Bertz CT molecular complexity index is 2350. The predicted molar refractivity (Wildman–Crippen MR) is 334 cm³/mol. The lowest BCUT2D eigenvalue weighted by molar-refractivity contribution is -0.282. The van der Waals surface area contributed by atoms with Crippen LogP contribution in [0.1, 0.15) is 150 Å². The highest BCUT2D eigenvalue weighted by Gasteiger charge is 2.46. The van der Waals surface area contributed by atoms with Gasteiger partial charge >= 0.3 is 7.82 Å². The number of aliphatic hydroxyl groups excluding tert-OH is 9. The summed E-state index contributed by atoms with van der Waals surface area (Å²) in [7, 11) is -2.99. The number of hydrogen-bond donors (Lipinski definition) is 16. The van der Waals surface area contributed by atoms with Crippen LogP contribution in [0.5, 0.6) is 0 Å². The highest BCUT2D eigenvalue weighted by atomic mass is 31.2. The number of phosphoric ester groups is 1. The van der Waals surface area contributed by atoms with Crippen LogP contribution in [0.3, 0.4) is 0 Å². The van der Waals surface area contributed by atoms with Crippen molar-refractivity contribution in [2.75, 3.05) is 79.5 Å². The third-order valence-corrected chi connectivity index (χ3v) is 17.9. The number of ether oxygens (including phenoxy) is 6. The molecule has 0 radical (unpaired) electrons. The van der Waals surface area contributed by atoms with Crippen molar-refractivity contribution in [2.45, 2.75) is 236 Å². The molecule has 16 N–H and O–H groups in total. The number of carbonyl (C=O) groups is 8. The molecule has 3 fully saturated rings. The van der Waals surface area contributed by atoms with E-state index >= 15 is 0 Å². The summed E-state index contributed by atoms with van der Waals surface area (Å²) >= 11 is 0. The fourth-order valence-electron chi connectivity index (χ4n) is 10.7. The number of rotatable bonds is 49. The highest BCUT2D eigenvalue weighted by Crippen LogP contribution is 2.42. The Morgan fingerprint density at radius 1 is 0.495 bits per heavy atom. The number of Topliss-reactive ketones (excluding diaryl/α,β-unsaturated/α-hetero) is 2. The summed E-state index contributed by atoms with van der Waals surface area (Å²) in [6.45, 7) is 5.17. The Morgan fingerprint density at radius 3 is 1.45 bits per heavy atom. The molecule has 6 amide bonds. The van der Waals surface area contributed by atoms with Gasteiger partial charge in [0.2, 0.25) is 35.4 Å². The molecule has 3 heterocycles. The molecule has 19 atom stereocenters. The number of phosphoric acid groups is 1. The molecular formula is C61H109N6O27P. The summed E-state index contributed by atoms with van der Waals surface area (Å²) < 4.78 is 54.6. The first-order chi connectivity index (χ1) is 45.2. The zero-order chi connectivity index (χ0) is 70.6. The van der Waals surface area contributed by atoms with Crippen LogP contribution in [0.4, 0.5) is 0 Å². The smallest absolute Gasteiger partial charge is 0.394 e. The molecule has 0 bridgehead atoms. The number of aliphatic hydroxyl groups is 9. The van der Waals surface area contributed by atoms with Crippen molar-refractivity contribution in [3.8, 4) is 0 Å². The molecule has 0 aromatic heterocycles. The minimum absolute atomic E-state index is 0.0129. The molecule has 3 aliphatic rings. The van der Waals surface area contributed by atoms with E-state index in [1.54, 1.807) is 20.8 Å². The highest BCUT2D eigenvalue weighted by molar-refractivity contribution is 7.47. The van der Waals surface area contributed by atoms with Gasteiger partial charge in [0.1, 0.15) is 54.6 Å². The van der Waals surface area contributed by atoms with E-state index in [0.717, 1.165) is 7.11 Å². The molecule has 0 aromatic carbocycles. The maximum Gasteiger partial charge on any atom is 0.471 e. The normalized spacial score (nSPS) is 27.6. The van der Waals surface area contributed by atoms with E-state index < -0.39 is 185 Å². The third-order valence-electron chi connectivity index (χ3n) is 16.9. The van der Waals surface area contributed by atoms with Crippen LogP contribution in [-0.4, -0.2) is 263 Å². The molecule has 0 saturated carbocycles. The van der Waals surface area contributed by atoms with E-state index in [4.69, 9.17) is 32.9 Å². The second kappa shape index (κ2) is 46.1. The molecule has 95 heavy (non-hydrogen) atoms. The Balaban J connectivity index is 1.67. The lowest BCUT2D eigenvalue weighted by Gasteiger charge is -2.42. The van der Waals surface area contributed by atoms with Crippen LogP contribution >= 0.6 is 7.82 Å². The quantitative estimate of drug-likeness (QED) is 0.0224. The number of carbonyl (C=O) groups excluding carboxylic acids is 8. The maximum atomic E-state index is 14.5. The topological polar surface area (TPSA) is 502 Å². The maximum absolute atomic E-state index is 14.5. The van der Waals surface area contributed by atoms with E-state index in [-0.39, 0.29) is 110 Å². The van der Waals surface area contributed by atoms with Gasteiger partial charge in [0, 0.05) is 116 Å². The van der Waals surface area contributed by atoms with Gasteiger partial charge in [-0.1, -0.05) is 33.6 Å². The summed E-state index contributed by atoms with van der Waals surface area (Å²) in [5, 5.41) is 107. The average molecular weight is 1390 g/mol. The summed E-state index contributed by atoms with van der Waals surface area (Å²) in [6, 6.07) is -2.39. The van der Waals surface area contributed by atoms with Gasteiger partial charge in [-0.05, 0) is 70.6 Å². The summed E-state index contributed by atoms with van der Waals surface area (Å²) in [6.07, 6.45) is -11.0. The fourth-order valence-corrected chi connectivity index (χ4v) is 11.2. The van der Waals surface area contributed by atoms with Crippen LogP contribution in [0.2, 0.25) is 0 Å². The number of ketones is 2. The van der Waals surface area contributed by atoms with Gasteiger partial charge in [-0.3, -0.25) is 47.4 Å². The summed E-state index contributed by atoms with van der Waals surface area (Å²) in [5.41, 5.74) is 0. The first-order valence-electron chi connectivity index (χ1n) is 33.1. The van der Waals surface area contributed by atoms with Crippen LogP contribution in [0.15, 0.2) is 0 Å². The second-order valence-corrected chi connectivity index (χ2v) is 26.1. The summed E-state index contributed by atoms with van der Waals surface area (Å²) in [5.74, 6) is -6.99. The molecule has 550 valence electrons. The molecule has 33 nitrogen and oxygen atoms in total. The number of unbranched alkanes of at least 4 members (excludes halogenated alkanes) is 6. The van der Waals surface area contributed by atoms with Crippen molar-refractivity contribution in [1.82, 2.24) is 31.9 Å². The van der Waals surface area contributed by atoms with E-state index in [0.29, 0.717) is 64.3 Å². The average Bonchev–Trinajstić information content (AvgIpc) is 0.832. The number of hydrogen-bond acceptors (Lipinski definition) is 26. The second-order valence-electron chi connectivity index (χ2n) is 24.5. The lowest BCUT2D eigenvalue weighted by atomic mass is 9.88. The Kier molecular flexibility index (Phi) is 41.2. The number of nitrogens with one attached hydrogen (secondary N) is 6. The van der Waals surface area contributed by atoms with Crippen molar-refractivity contribution in [1.29, 1.82) is 0 Å². The first kappa shape index (κ1) is 84.9. The van der Waals surface area contributed by atoms with Crippen molar-refractivity contribution in [2.24, 2.45) is 23.7 Å². The minimum atomic E-state index is -4.05. The molecule has 3 aliphatic heterocycles. The first-order valence-corrected chi connectivity index (χ1v) is 34.6. The Labute approximate surface area is 555 Å². The number of amides is 6. The standard InChI is InChI=1S/C61H109N6O27P/c1-36(18-21-48(75)65-27-31-90-60-38(3)53(79)55(81)45(34-69)93-60)43(73)32-40(19-22-49(76)63-25-12-15-29-89-61-51(66-39(4)71)57(83)56(82)46(35-70)94-61)58(84)67-41(42(72)16-8-9-17-47(74)62-24-10-6-7-13-30-91-95(85,86)87-5)20-23-50(77)64-26-11-14-28-88-59-37(2)52(78)54(80)44(33-68)92-59/h36-38,40-41,44-46,51-57,59-61,68-70,78-83H,6-35H2,1-5H3,(H,62,74)(H,63,76)(H,64,77)(H,65,75)(H,66,71)(H,67,84)(H,85,86)/t36-,37+,38+,40+,41-,44+,45+,46+,51+,52+,53+,54-,55-,56-,57+,59+,60+,61+/m0/s1. The Hall–Kier alpha value is -4.33. The van der Waals surface area contributed by atoms with Gasteiger partial charge in [0.15, 0.2) is 24.7 Å². The molecule has 3 rings (SSSR count). The largest absolute Gasteiger partial charge is 0.471 e. The van der Waals surface area contributed by atoms with Crippen LogP contribution in [-0.2, 0) is 80.4 Å². The predicted octanol–water partition coefficient (Wildman–Crippen LogP) is -2.35. The molecule has 1 unspecified atom stereocenters. The lowest BCUT2D eigenvalue weighted by Crippen LogP contribution is -2.64. The van der Waals surface area contributed by atoms with Gasteiger partial charge in [-0.2, -0.15) is 0 Å². The third kappa shape index (κ3) is 31.6. The monoisotopic (exact) mass is 1390 g/mol. The van der Waals surface area contributed by atoms with Gasteiger partial charge < -0.3 is 111 Å². The van der Waals surface area contributed by atoms with Gasteiger partial charge in [0.05, 0.1) is 51.3 Å². The van der Waals surface area contributed by atoms with E-state index in [9.17, 15) is 93.8 Å². The van der Waals surface area contributed by atoms with Crippen molar-refractivity contribution in [3.05, 3.63) is 0 Å². The van der Waals surface area contributed by atoms with Crippen LogP contribution in [0.25, 0.3) is 0 Å². The van der Waals surface area contributed by atoms with Crippen LogP contribution < -0.4 is 31.9 Å². The van der Waals surface area contributed by atoms with E-state index in [2.05, 4.69) is 36.4 Å². The molecule has 0 spiro atoms. The summed E-state index contributed by atoms with van der Waals surface area (Å²) in [4.78, 5) is 116. The molecule has 3 saturated heterocycles. The zero-order valence-corrected chi connectivity index (χ0v) is 56.4. The van der Waals surface area contributed by atoms with E-state index in [1.165, 1.54) is 6.92 Å². The van der Waals surface area contributed by atoms with Gasteiger partial charge in [-0.15, -0.1) is 0 Å². The Morgan fingerprint density at radius 2 is 0.926 bits per heavy atom.